The normalized spacial score (nSPS) is 35.8. The van der Waals surface area contributed by atoms with Gasteiger partial charge in [-0.1, -0.05) is 13.3 Å². The third kappa shape index (κ3) is 4.26. The van der Waals surface area contributed by atoms with E-state index in [-0.39, 0.29) is 36.4 Å². The smallest absolute Gasteiger partial charge is 0.243 e. The first kappa shape index (κ1) is 17.8. The van der Waals surface area contributed by atoms with Crippen LogP contribution in [-0.4, -0.2) is 49.5 Å². The molecule has 0 radical (unpaired) electrons. The topological polar surface area (TPSA) is 56.7 Å². The highest BCUT2D eigenvalue weighted by atomic mass is 127. The van der Waals surface area contributed by atoms with Gasteiger partial charge in [-0.3, -0.25) is 4.79 Å². The van der Waals surface area contributed by atoms with Crippen molar-refractivity contribution in [2.24, 2.45) is 22.7 Å². The molecule has 0 aliphatic heterocycles. The van der Waals surface area contributed by atoms with Crippen molar-refractivity contribution < 1.29 is 4.79 Å². The molecule has 0 aromatic rings. The van der Waals surface area contributed by atoms with Crippen LogP contribution >= 0.6 is 24.0 Å². The molecule has 3 aliphatic carbocycles. The number of fused-ring (bicyclic) bond motifs is 2. The van der Waals surface area contributed by atoms with Crippen LogP contribution in [0.3, 0.4) is 0 Å². The first-order valence-electron chi connectivity index (χ1n) is 8.30. The van der Waals surface area contributed by atoms with Crippen LogP contribution in [0.15, 0.2) is 4.99 Å². The molecule has 5 nitrogen and oxygen atoms in total. The van der Waals surface area contributed by atoms with E-state index >= 15 is 0 Å². The number of hydrogen-bond donors (Lipinski definition) is 2. The number of aliphatic imine (C=N–C) groups is 1. The molecule has 3 fully saturated rings. The van der Waals surface area contributed by atoms with Crippen LogP contribution < -0.4 is 10.6 Å². The molecule has 0 heterocycles. The predicted molar refractivity (Wildman–Crippen MR) is 99.5 cm³/mol. The standard InChI is InChI=1S/C16H28N4O.HI/c1-10-6-13(10)18-16(17-9-15(21)20(2)3)19-14-8-11-4-5-12(14)7-11;/h10-14H,4-9H2,1-3H3,(H2,17,18,19);1H. The predicted octanol–water partition coefficient (Wildman–Crippen LogP) is 1.82. The second-order valence-electron chi connectivity index (χ2n) is 7.34. The number of amides is 1. The highest BCUT2D eigenvalue weighted by molar-refractivity contribution is 14.0. The molecule has 5 unspecified atom stereocenters. The Bertz CT molecular complexity index is 440. The van der Waals surface area contributed by atoms with E-state index in [1.54, 1.807) is 19.0 Å². The van der Waals surface area contributed by atoms with Crippen LogP contribution in [0.25, 0.3) is 0 Å². The number of nitrogens with one attached hydrogen (secondary N) is 2. The number of nitrogens with zero attached hydrogens (tertiary/aromatic N) is 2. The fourth-order valence-electron chi connectivity index (χ4n) is 3.72. The van der Waals surface area contributed by atoms with E-state index in [2.05, 4.69) is 22.5 Å². The number of carbonyl (C=O) groups is 1. The molecular weight excluding hydrogens is 391 g/mol. The number of rotatable bonds is 4. The summed E-state index contributed by atoms with van der Waals surface area (Å²) in [6.45, 7) is 2.47. The zero-order valence-corrected chi connectivity index (χ0v) is 16.2. The van der Waals surface area contributed by atoms with Crippen LogP contribution in [-0.2, 0) is 4.79 Å². The molecule has 2 N–H and O–H groups in total. The van der Waals surface area contributed by atoms with Crippen molar-refractivity contribution in [1.29, 1.82) is 0 Å². The van der Waals surface area contributed by atoms with Crippen LogP contribution in [0.5, 0.6) is 0 Å². The third-order valence-electron chi connectivity index (χ3n) is 5.36. The summed E-state index contributed by atoms with van der Waals surface area (Å²) in [5.74, 6) is 3.34. The SMILES string of the molecule is CC1CC1NC(=NCC(=O)N(C)C)NC1CC2CCC1C2.I. The first-order chi connectivity index (χ1) is 10.0. The van der Waals surface area contributed by atoms with Gasteiger partial charge in [0.05, 0.1) is 0 Å². The Balaban J connectivity index is 0.00000176. The molecule has 2 bridgehead atoms. The summed E-state index contributed by atoms with van der Waals surface area (Å²) >= 11 is 0. The molecule has 3 saturated carbocycles. The van der Waals surface area contributed by atoms with Crippen molar-refractivity contribution in [1.82, 2.24) is 15.5 Å². The fourth-order valence-corrected chi connectivity index (χ4v) is 3.72. The number of carbonyl (C=O) groups excluding carboxylic acids is 1. The summed E-state index contributed by atoms with van der Waals surface area (Å²) in [6, 6.07) is 1.09. The maximum atomic E-state index is 11.7. The Labute approximate surface area is 150 Å². The Morgan fingerprint density at radius 1 is 1.14 bits per heavy atom. The van der Waals surface area contributed by atoms with E-state index in [0.717, 1.165) is 23.7 Å². The van der Waals surface area contributed by atoms with Crippen molar-refractivity contribution in [3.8, 4) is 0 Å². The van der Waals surface area contributed by atoms with Gasteiger partial charge in [-0.05, 0) is 43.4 Å². The summed E-state index contributed by atoms with van der Waals surface area (Å²) in [4.78, 5) is 17.8. The maximum absolute atomic E-state index is 11.7. The zero-order valence-electron chi connectivity index (χ0n) is 13.8. The highest BCUT2D eigenvalue weighted by Crippen LogP contribution is 2.44. The van der Waals surface area contributed by atoms with Crippen LogP contribution in [0.2, 0.25) is 0 Å². The van der Waals surface area contributed by atoms with Gasteiger partial charge < -0.3 is 15.5 Å². The van der Waals surface area contributed by atoms with E-state index in [1.807, 2.05) is 0 Å². The molecule has 3 rings (SSSR count). The summed E-state index contributed by atoms with van der Waals surface area (Å²) < 4.78 is 0. The largest absolute Gasteiger partial charge is 0.353 e. The summed E-state index contributed by atoms with van der Waals surface area (Å²) in [5, 5.41) is 7.09. The second kappa shape index (κ2) is 7.36. The molecule has 0 aromatic carbocycles. The van der Waals surface area contributed by atoms with E-state index in [0.29, 0.717) is 12.1 Å². The summed E-state index contributed by atoms with van der Waals surface area (Å²) in [6.07, 6.45) is 6.61. The molecular formula is C16H29IN4O. The minimum absolute atomic E-state index is 0. The average Bonchev–Trinajstić information content (AvgIpc) is 2.87. The number of guanidine groups is 1. The second-order valence-corrected chi connectivity index (χ2v) is 7.34. The minimum atomic E-state index is 0. The van der Waals surface area contributed by atoms with Crippen LogP contribution in [0, 0.1) is 17.8 Å². The molecule has 126 valence electrons. The molecule has 0 aromatic heterocycles. The Morgan fingerprint density at radius 3 is 2.32 bits per heavy atom. The highest BCUT2D eigenvalue weighted by Gasteiger charge is 2.40. The van der Waals surface area contributed by atoms with Crippen molar-refractivity contribution in [3.05, 3.63) is 0 Å². The lowest BCUT2D eigenvalue weighted by Gasteiger charge is -2.25. The number of hydrogen-bond acceptors (Lipinski definition) is 2. The van der Waals surface area contributed by atoms with Gasteiger partial charge in [0.25, 0.3) is 0 Å². The third-order valence-corrected chi connectivity index (χ3v) is 5.36. The molecule has 0 saturated heterocycles. The molecule has 3 aliphatic rings. The lowest BCUT2D eigenvalue weighted by molar-refractivity contribution is -0.127. The van der Waals surface area contributed by atoms with Gasteiger partial charge in [0, 0.05) is 26.2 Å². The van der Waals surface area contributed by atoms with Gasteiger partial charge in [-0.25, -0.2) is 4.99 Å². The average molecular weight is 420 g/mol. The number of likely N-dealkylation sites (N-methyl/N-ethyl adjacent to an activating group) is 1. The Morgan fingerprint density at radius 2 is 1.82 bits per heavy atom. The Kier molecular flexibility index (Phi) is 5.96. The van der Waals surface area contributed by atoms with E-state index in [4.69, 9.17) is 0 Å². The van der Waals surface area contributed by atoms with Crippen molar-refractivity contribution in [2.75, 3.05) is 20.6 Å². The molecule has 1 amide bonds. The van der Waals surface area contributed by atoms with Gasteiger partial charge in [-0.15, -0.1) is 24.0 Å². The summed E-state index contributed by atoms with van der Waals surface area (Å²) in [5.41, 5.74) is 0. The van der Waals surface area contributed by atoms with Crippen molar-refractivity contribution >= 4 is 35.8 Å². The molecule has 22 heavy (non-hydrogen) atoms. The zero-order chi connectivity index (χ0) is 15.0. The van der Waals surface area contributed by atoms with Crippen molar-refractivity contribution in [3.63, 3.8) is 0 Å². The lowest BCUT2D eigenvalue weighted by atomic mass is 9.95. The molecule has 6 heteroatoms. The van der Waals surface area contributed by atoms with E-state index < -0.39 is 0 Å². The van der Waals surface area contributed by atoms with E-state index in [1.165, 1.54) is 32.1 Å². The Hall–Kier alpha value is -0.530. The van der Waals surface area contributed by atoms with Gasteiger partial charge >= 0.3 is 0 Å². The van der Waals surface area contributed by atoms with E-state index in [9.17, 15) is 4.79 Å². The maximum Gasteiger partial charge on any atom is 0.243 e. The monoisotopic (exact) mass is 420 g/mol. The van der Waals surface area contributed by atoms with Crippen molar-refractivity contribution in [2.45, 2.75) is 51.1 Å². The lowest BCUT2D eigenvalue weighted by Crippen LogP contribution is -2.47. The van der Waals surface area contributed by atoms with Gasteiger partial charge in [-0.2, -0.15) is 0 Å². The van der Waals surface area contributed by atoms with Gasteiger partial charge in [0.15, 0.2) is 5.96 Å². The fraction of sp³-hybridized carbons (Fsp3) is 0.875. The van der Waals surface area contributed by atoms with Crippen LogP contribution in [0.1, 0.15) is 39.0 Å². The quantitative estimate of drug-likeness (QED) is 0.415. The first-order valence-corrected chi connectivity index (χ1v) is 8.30. The minimum Gasteiger partial charge on any atom is -0.353 e. The summed E-state index contributed by atoms with van der Waals surface area (Å²) in [7, 11) is 3.55. The number of halogens is 1. The van der Waals surface area contributed by atoms with Crippen LogP contribution in [0.4, 0.5) is 0 Å². The van der Waals surface area contributed by atoms with Gasteiger partial charge in [0.2, 0.25) is 5.91 Å². The molecule has 5 atom stereocenters. The molecule has 0 spiro atoms. The van der Waals surface area contributed by atoms with Gasteiger partial charge in [0.1, 0.15) is 6.54 Å².